The van der Waals surface area contributed by atoms with Crippen LogP contribution in [0.1, 0.15) is 56.5 Å². The van der Waals surface area contributed by atoms with Crippen LogP contribution in [-0.2, 0) is 58.4 Å². The van der Waals surface area contributed by atoms with Crippen molar-refractivity contribution in [3.05, 3.63) is 170 Å². The lowest BCUT2D eigenvalue weighted by atomic mass is 10.1. The molecule has 116 heavy (non-hydrogen) atoms. The molecule has 0 radical (unpaired) electrons. The summed E-state index contributed by atoms with van der Waals surface area (Å²) in [6, 6.07) is -0.793. The van der Waals surface area contributed by atoms with Crippen LogP contribution in [-0.4, -0.2) is 259 Å². The molecule has 1 fully saturated rings. The number of alkyl halides is 13. The summed E-state index contributed by atoms with van der Waals surface area (Å²) in [5.74, 6) is -9.29. The Bertz CT molecular complexity index is 4470. The minimum atomic E-state index is -5.73. The molecule has 61 heteroatoms. The van der Waals surface area contributed by atoms with Gasteiger partial charge in [-0.1, -0.05) is 5.21 Å². The summed E-state index contributed by atoms with van der Waals surface area (Å²) in [7, 11) is 0. The number of carbonyl (C=O) groups excluding carboxylic acids is 3. The number of hydrogen-bond acceptors (Lipinski definition) is 33. The molecule has 0 bridgehead atoms. The quantitative estimate of drug-likeness (QED) is 0.0185. The second kappa shape index (κ2) is 46.4. The van der Waals surface area contributed by atoms with Gasteiger partial charge in [0.05, 0.1) is 25.9 Å². The first-order chi connectivity index (χ1) is 54.4. The number of nitro groups is 7. The van der Waals surface area contributed by atoms with Crippen LogP contribution in [0.15, 0.2) is 93.9 Å². The molecule has 0 amide bonds. The second-order valence-electron chi connectivity index (χ2n) is 23.0. The maximum absolute atomic E-state index is 12.6. The standard InChI is InChI=1S/C9H8F5N3O3.C9H11FN6O3.C8H8F3N3O3.C8H10FN3O5.C8H10FN3O3.C7H10FN3O4.C6H8FN3O3/c10-8(11,9(12,13)14)2-1-6(18)4-16-5-15-3-7(16)17(19)20;10-1-8(5-17)15-4-7(12-13-15)3-14-6-11-2-9(14)16(18)19;9-8(10,11)2-1-6(15)4-13-5-12-3-7(13)14(16)17;9-1-4-6(13)7(14)8(17-4)11-3-10-2-5(11)12(15)16;9-3-1-2-7(13)5-11-6-10-4-8(11)12(14)15;8-1-5(12)6(13)3-10-4-9-2-7(10)11(14)15;7-1-5(11)3-9-4-8-2-6(9)10(12)13/h3,5H,1-2,4H2;2,4,6,8,17H,1,3,5H2;3,5H,1-2,4H2;2-4,6-8,13-14H,1H2;4,6H,1-3,5H2;2,4-6,12-13H,1,3H2;2,4-5,11H,1,3H2/i12-1;10-1;3*9-1;8-1;7-1. The van der Waals surface area contributed by atoms with Gasteiger partial charge < -0.3 is 106 Å². The highest BCUT2D eigenvalue weighted by atomic mass is 19.3. The van der Waals surface area contributed by atoms with Crippen LogP contribution in [0.4, 0.5) is 97.8 Å². The van der Waals surface area contributed by atoms with Gasteiger partial charge in [0.2, 0.25) is 6.23 Å². The molecule has 8 aromatic rings. The zero-order valence-electron chi connectivity index (χ0n) is 58.7. The van der Waals surface area contributed by atoms with Gasteiger partial charge in [-0.2, -0.15) is 39.7 Å². The van der Waals surface area contributed by atoms with Crippen molar-refractivity contribution in [2.45, 2.75) is 145 Å². The van der Waals surface area contributed by atoms with E-state index in [4.69, 9.17) is 20.1 Å². The highest BCUT2D eigenvalue weighted by Gasteiger charge is 2.57. The predicted octanol–water partition coefficient (Wildman–Crippen LogP) is 4.07. The van der Waals surface area contributed by atoms with Gasteiger partial charge in [0.25, 0.3) is 0 Å². The van der Waals surface area contributed by atoms with E-state index < -0.39 is 209 Å². The number of nitrogens with zero attached hydrogens (tertiary/aromatic N) is 24. The minimum Gasteiger partial charge on any atom is -0.394 e. The van der Waals surface area contributed by atoms with E-state index >= 15 is 0 Å². The Balaban J connectivity index is 0.000000351. The SMILES string of the molecule is O=C(CCC(F)(F)C(F)(F)[18F])Cn1cncc1[N+](=O)[O-].O=C(CCC(F)(F)[18F])Cn1cncc1[N+](=O)[O-].O=C(CCC[18F])Cn1cncc1[N+](=O)[O-].O=[N+]([O-])c1cncn1C1OC(C[18F])C(O)C1O.O=[N+]([O-])c1cncn1CC(O)C(O)C[18F].O=[N+]([O-])c1cncn1CC(O)C[18F].O=[N+]([O-])c1cncn1Cc1cn(C(CO)C[18F])nn1. The van der Waals surface area contributed by atoms with Crippen molar-refractivity contribution in [1.29, 1.82) is 0 Å². The van der Waals surface area contributed by atoms with Crippen LogP contribution in [0.25, 0.3) is 0 Å². The average molecular weight is 1690 g/mol. The predicted molar refractivity (Wildman–Crippen MR) is 351 cm³/mol. The van der Waals surface area contributed by atoms with E-state index in [1.807, 2.05) is 0 Å². The van der Waals surface area contributed by atoms with Gasteiger partial charge in [0, 0.05) is 25.7 Å². The van der Waals surface area contributed by atoms with E-state index in [1.165, 1.54) is 34.4 Å². The molecule has 0 saturated carbocycles. The van der Waals surface area contributed by atoms with Gasteiger partial charge in [0.1, 0.15) is 138 Å². The summed E-state index contributed by atoms with van der Waals surface area (Å²) < 4.78 is 170. The third-order valence-corrected chi connectivity index (χ3v) is 14.5. The van der Waals surface area contributed by atoms with Crippen LogP contribution in [0, 0.1) is 70.8 Å². The van der Waals surface area contributed by atoms with Crippen molar-refractivity contribution in [3.8, 4) is 0 Å². The zero-order valence-corrected chi connectivity index (χ0v) is 58.7. The van der Waals surface area contributed by atoms with Crippen LogP contribution in [0.3, 0.4) is 0 Å². The molecular formula is C55H65F13N24O24. The molecule has 0 spiro atoms. The molecule has 9 heterocycles. The van der Waals surface area contributed by atoms with E-state index in [-0.39, 0.29) is 68.1 Å². The zero-order chi connectivity index (χ0) is 87.5. The molecule has 48 nitrogen and oxygen atoms in total. The lowest BCUT2D eigenvalue weighted by Gasteiger charge is -2.18. The maximum atomic E-state index is 12.6. The van der Waals surface area contributed by atoms with Crippen LogP contribution >= 0.6 is 0 Å². The number of imidazole rings is 7. The molecule has 0 aromatic carbocycles. The fraction of sp³-hybridized carbons (Fsp3) is 0.527. The Hall–Kier alpha value is -12.8. The van der Waals surface area contributed by atoms with Gasteiger partial charge >= 0.3 is 59.0 Å². The van der Waals surface area contributed by atoms with E-state index in [9.17, 15) is 158 Å². The first kappa shape index (κ1) is 97.4. The fourth-order valence-electron chi connectivity index (χ4n) is 8.72. The molecule has 0 aliphatic carbocycles. The van der Waals surface area contributed by atoms with E-state index in [1.54, 1.807) is 0 Å². The first-order valence-corrected chi connectivity index (χ1v) is 31.9. The Morgan fingerprint density at radius 3 is 1.23 bits per heavy atom. The number of Topliss-reactive ketones (excluding diaryl/α,β-unsaturated/α-hetero) is 3. The number of hydrogen-bond donors (Lipinski definition) is 6. The van der Waals surface area contributed by atoms with Crippen molar-refractivity contribution in [2.24, 2.45) is 0 Å². The molecule has 8 unspecified atom stereocenters. The van der Waals surface area contributed by atoms with Gasteiger partial charge in [-0.3, -0.25) is 18.8 Å². The molecular weight excluding hydrogens is 1620 g/mol. The third-order valence-electron chi connectivity index (χ3n) is 14.5. The molecule has 9 rings (SSSR count). The normalized spacial score (nSPS) is 15.4. The number of rotatable bonds is 35. The molecule has 8 aromatic heterocycles. The topological polar surface area (TPSA) is 639 Å². The van der Waals surface area contributed by atoms with Gasteiger partial charge in [-0.25, -0.2) is 84.5 Å². The van der Waals surface area contributed by atoms with Crippen LogP contribution in [0.5, 0.6) is 0 Å². The number of aromatic nitrogens is 17. The second-order valence-corrected chi connectivity index (χ2v) is 23.0. The first-order valence-electron chi connectivity index (χ1n) is 31.9. The summed E-state index contributed by atoms with van der Waals surface area (Å²) in [4.78, 5) is 127. The van der Waals surface area contributed by atoms with Crippen molar-refractivity contribution in [1.82, 2.24) is 81.9 Å². The lowest BCUT2D eigenvalue weighted by Crippen LogP contribution is -2.36. The molecule has 1 saturated heterocycles. The van der Waals surface area contributed by atoms with Crippen molar-refractivity contribution < 1.29 is 141 Å². The maximum Gasteiger partial charge on any atom is 0.453 e. The van der Waals surface area contributed by atoms with Crippen molar-refractivity contribution in [2.75, 3.05) is 40.0 Å². The summed E-state index contributed by atoms with van der Waals surface area (Å²) in [5, 5.41) is 136. The number of carbonyl (C=O) groups is 3. The number of halogens is 13. The number of aliphatic hydroxyl groups excluding tert-OH is 6. The largest absolute Gasteiger partial charge is 0.453 e. The third kappa shape index (κ3) is 31.0. The summed E-state index contributed by atoms with van der Waals surface area (Å²) >= 11 is 0. The number of ether oxygens (including phenoxy) is 1. The average Bonchev–Trinajstić information content (AvgIpc) is 1.64. The lowest BCUT2D eigenvalue weighted by molar-refractivity contribution is -0.394. The summed E-state index contributed by atoms with van der Waals surface area (Å²) in [6.45, 7) is -6.40. The van der Waals surface area contributed by atoms with Crippen molar-refractivity contribution in [3.63, 3.8) is 0 Å². The Morgan fingerprint density at radius 2 is 0.862 bits per heavy atom. The molecule has 8 atom stereocenters. The Kier molecular flexibility index (Phi) is 39.0. The number of aliphatic hydroxyl groups is 6. The minimum absolute atomic E-state index is 0.0891. The van der Waals surface area contributed by atoms with Gasteiger partial charge in [0.15, 0.2) is 81.3 Å². The molecule has 6 N–H and O–H groups in total. The van der Waals surface area contributed by atoms with Crippen LogP contribution < -0.4 is 0 Å². The van der Waals surface area contributed by atoms with Gasteiger partial charge in [-0.05, 0) is 40.9 Å². The highest BCUT2D eigenvalue weighted by Crippen LogP contribution is 2.39. The van der Waals surface area contributed by atoms with E-state index in [2.05, 4.69) is 45.2 Å². The Labute approximate surface area is 635 Å². The Morgan fingerprint density at radius 1 is 0.483 bits per heavy atom. The highest BCUT2D eigenvalue weighted by molar-refractivity contribution is 5.79. The monoisotopic (exact) mass is 1690 g/mol. The summed E-state index contributed by atoms with van der Waals surface area (Å²) in [6.07, 6.45) is -7.74. The number of ketones is 3. The van der Waals surface area contributed by atoms with Gasteiger partial charge in [-0.15, -0.1) is 5.10 Å². The molecule has 1 aliphatic rings. The molecule has 640 valence electrons. The van der Waals surface area contributed by atoms with Crippen molar-refractivity contribution >= 4 is 58.1 Å². The van der Waals surface area contributed by atoms with E-state index in [0.717, 1.165) is 96.1 Å². The van der Waals surface area contributed by atoms with E-state index in [0.29, 0.717) is 5.69 Å². The fourth-order valence-corrected chi connectivity index (χ4v) is 8.72. The summed E-state index contributed by atoms with van der Waals surface area (Å²) in [5.41, 5.74) is 0.410. The van der Waals surface area contributed by atoms with Crippen LogP contribution in [0.2, 0.25) is 0 Å². The smallest absolute Gasteiger partial charge is 0.394 e. The molecule has 1 aliphatic heterocycles.